The van der Waals surface area contributed by atoms with Gasteiger partial charge in [-0.3, -0.25) is 0 Å². The first-order valence-electron chi connectivity index (χ1n) is 7.39. The molecule has 0 saturated heterocycles. The van der Waals surface area contributed by atoms with Gasteiger partial charge in [0.05, 0.1) is 0 Å². The van der Waals surface area contributed by atoms with Crippen molar-refractivity contribution < 1.29 is 36.9 Å². The largest absolute Gasteiger partial charge is 0.478 e. The van der Waals surface area contributed by atoms with E-state index in [4.69, 9.17) is 9.47 Å². The Morgan fingerprint density at radius 2 is 1.88 bits per heavy atom. The van der Waals surface area contributed by atoms with Gasteiger partial charge >= 0.3 is 17.9 Å². The normalized spacial score (nSPS) is 19.2. The first-order chi connectivity index (χ1) is 12.1. The third-order valence-electron chi connectivity index (χ3n) is 3.82. The molecule has 4 nitrogen and oxygen atoms in total. The van der Waals surface area contributed by atoms with E-state index >= 15 is 0 Å². The van der Waals surface area contributed by atoms with Crippen LogP contribution in [0.15, 0.2) is 48.0 Å². The summed E-state index contributed by atoms with van der Waals surface area (Å²) in [6.07, 6.45) is -4.38. The fraction of sp³-hybridized carbons (Fsp3) is 0.167. The SMILES string of the molecule is Cc1cc(F)ccc1OC1(C(F)(F)F)Oc2ccccc2C=C1C(=O)O. The number of aliphatic carboxylic acids is 1. The van der Waals surface area contributed by atoms with Crippen molar-refractivity contribution in [3.8, 4) is 11.5 Å². The van der Waals surface area contributed by atoms with E-state index in [1.54, 1.807) is 0 Å². The highest BCUT2D eigenvalue weighted by Crippen LogP contribution is 2.46. The van der Waals surface area contributed by atoms with Gasteiger partial charge in [0, 0.05) is 5.56 Å². The van der Waals surface area contributed by atoms with Crippen molar-refractivity contribution in [1.29, 1.82) is 0 Å². The third-order valence-corrected chi connectivity index (χ3v) is 3.82. The highest BCUT2D eigenvalue weighted by molar-refractivity contribution is 5.96. The summed E-state index contributed by atoms with van der Waals surface area (Å²) in [5, 5.41) is 9.37. The van der Waals surface area contributed by atoms with Crippen molar-refractivity contribution in [3.05, 3.63) is 65.0 Å². The molecule has 8 heteroatoms. The lowest BCUT2D eigenvalue weighted by Crippen LogP contribution is -2.59. The number of alkyl halides is 3. The molecule has 1 N–H and O–H groups in total. The molecule has 2 aromatic rings. The molecule has 0 bridgehead atoms. The van der Waals surface area contributed by atoms with Gasteiger partial charge in [0.15, 0.2) is 0 Å². The van der Waals surface area contributed by atoms with Crippen LogP contribution in [0.1, 0.15) is 11.1 Å². The summed E-state index contributed by atoms with van der Waals surface area (Å²) in [6.45, 7) is 1.34. The Kier molecular flexibility index (Phi) is 4.14. The minimum Gasteiger partial charge on any atom is -0.478 e. The predicted molar refractivity (Wildman–Crippen MR) is 83.2 cm³/mol. The highest BCUT2D eigenvalue weighted by atomic mass is 19.4. The summed E-state index contributed by atoms with van der Waals surface area (Å²) in [6, 6.07) is 8.54. The molecule has 1 aliphatic heterocycles. The van der Waals surface area contributed by atoms with Crippen LogP contribution in [0.3, 0.4) is 0 Å². The van der Waals surface area contributed by atoms with Gasteiger partial charge in [-0.15, -0.1) is 0 Å². The van der Waals surface area contributed by atoms with E-state index in [0.29, 0.717) is 0 Å². The first kappa shape index (κ1) is 17.8. The van der Waals surface area contributed by atoms with Crippen molar-refractivity contribution >= 4 is 12.0 Å². The number of hydrogen-bond donors (Lipinski definition) is 1. The van der Waals surface area contributed by atoms with Gasteiger partial charge in [-0.05, 0) is 42.8 Å². The van der Waals surface area contributed by atoms with Crippen LogP contribution in [0.2, 0.25) is 0 Å². The van der Waals surface area contributed by atoms with Crippen molar-refractivity contribution in [2.24, 2.45) is 0 Å². The molecule has 26 heavy (non-hydrogen) atoms. The monoisotopic (exact) mass is 368 g/mol. The molecule has 0 amide bonds. The van der Waals surface area contributed by atoms with Crippen molar-refractivity contribution in [1.82, 2.24) is 0 Å². The number of hydrogen-bond acceptors (Lipinski definition) is 3. The second kappa shape index (κ2) is 6.05. The average molecular weight is 368 g/mol. The molecule has 3 rings (SSSR count). The molecule has 1 unspecified atom stereocenters. The number of ether oxygens (including phenoxy) is 2. The number of aryl methyl sites for hydroxylation is 1. The fourth-order valence-electron chi connectivity index (χ4n) is 2.58. The van der Waals surface area contributed by atoms with Crippen LogP contribution in [0.25, 0.3) is 6.08 Å². The quantitative estimate of drug-likeness (QED) is 0.820. The highest BCUT2D eigenvalue weighted by Gasteiger charge is 2.66. The summed E-state index contributed by atoms with van der Waals surface area (Å²) in [5.41, 5.74) is -0.905. The zero-order valence-electron chi connectivity index (χ0n) is 13.3. The van der Waals surface area contributed by atoms with Gasteiger partial charge in [0.2, 0.25) is 0 Å². The first-order valence-corrected chi connectivity index (χ1v) is 7.39. The number of para-hydroxylation sites is 1. The van der Waals surface area contributed by atoms with Gasteiger partial charge < -0.3 is 14.6 Å². The lowest BCUT2D eigenvalue weighted by molar-refractivity contribution is -0.304. The van der Waals surface area contributed by atoms with E-state index in [9.17, 15) is 27.5 Å². The van der Waals surface area contributed by atoms with Gasteiger partial charge in [-0.1, -0.05) is 18.2 Å². The Hall–Kier alpha value is -3.03. The number of carbonyl (C=O) groups is 1. The van der Waals surface area contributed by atoms with E-state index in [1.165, 1.54) is 31.2 Å². The van der Waals surface area contributed by atoms with Crippen LogP contribution < -0.4 is 9.47 Å². The number of carboxylic acid groups (broad SMARTS) is 1. The van der Waals surface area contributed by atoms with Crippen molar-refractivity contribution in [2.45, 2.75) is 18.9 Å². The Bertz CT molecular complexity index is 904. The molecule has 0 aromatic heterocycles. The second-order valence-corrected chi connectivity index (χ2v) is 5.63. The summed E-state index contributed by atoms with van der Waals surface area (Å²) in [4.78, 5) is 11.6. The second-order valence-electron chi connectivity index (χ2n) is 5.63. The summed E-state index contributed by atoms with van der Waals surface area (Å²) in [5.74, 6) is -6.63. The molecule has 0 fully saturated rings. The molecule has 1 atom stereocenters. The van der Waals surface area contributed by atoms with Gasteiger partial charge in [-0.2, -0.15) is 13.2 Å². The minimum atomic E-state index is -5.23. The maximum Gasteiger partial charge on any atom is 0.473 e. The molecule has 1 aliphatic rings. The van der Waals surface area contributed by atoms with E-state index in [1.807, 2.05) is 0 Å². The lowest BCUT2D eigenvalue weighted by Gasteiger charge is -2.38. The topological polar surface area (TPSA) is 55.8 Å². The third kappa shape index (κ3) is 2.87. The van der Waals surface area contributed by atoms with Crippen LogP contribution in [0.4, 0.5) is 17.6 Å². The Morgan fingerprint density at radius 1 is 1.19 bits per heavy atom. The lowest BCUT2D eigenvalue weighted by atomic mass is 9.97. The molecule has 0 saturated carbocycles. The maximum absolute atomic E-state index is 14.0. The van der Waals surface area contributed by atoms with E-state index in [2.05, 4.69) is 0 Å². The zero-order valence-corrected chi connectivity index (χ0v) is 13.3. The molecule has 2 aromatic carbocycles. The van der Waals surface area contributed by atoms with Crippen LogP contribution in [0.5, 0.6) is 11.5 Å². The fourth-order valence-corrected chi connectivity index (χ4v) is 2.58. The number of rotatable bonds is 3. The van der Waals surface area contributed by atoms with Gasteiger partial charge in [0.1, 0.15) is 22.9 Å². The number of benzene rings is 2. The molecule has 0 spiro atoms. The molecular formula is C18H12F4O4. The standard InChI is InChI=1S/C18H12F4O4/c1-10-8-12(19)6-7-14(10)25-17(18(20,21)22)13(16(23)24)9-11-4-2-3-5-15(11)26-17/h2-9H,1H3,(H,23,24). The predicted octanol–water partition coefficient (Wildman–Crippen LogP) is 4.33. The number of carboxylic acids is 1. The number of halogens is 4. The minimum absolute atomic E-state index is 0.0563. The van der Waals surface area contributed by atoms with E-state index < -0.39 is 29.3 Å². The van der Waals surface area contributed by atoms with Crippen LogP contribution in [-0.2, 0) is 4.79 Å². The average Bonchev–Trinajstić information content (AvgIpc) is 2.55. The smallest absolute Gasteiger partial charge is 0.473 e. The Morgan fingerprint density at radius 3 is 2.50 bits per heavy atom. The molecular weight excluding hydrogens is 356 g/mol. The Labute approximate surface area is 145 Å². The van der Waals surface area contributed by atoms with Gasteiger partial charge in [-0.25, -0.2) is 9.18 Å². The van der Waals surface area contributed by atoms with Crippen molar-refractivity contribution in [2.75, 3.05) is 0 Å². The maximum atomic E-state index is 14.0. The van der Waals surface area contributed by atoms with E-state index in [-0.39, 0.29) is 22.6 Å². The van der Waals surface area contributed by atoms with E-state index in [0.717, 1.165) is 24.3 Å². The molecule has 0 aliphatic carbocycles. The molecule has 1 heterocycles. The van der Waals surface area contributed by atoms with Crippen molar-refractivity contribution in [3.63, 3.8) is 0 Å². The van der Waals surface area contributed by atoms with Gasteiger partial charge in [0.25, 0.3) is 0 Å². The van der Waals surface area contributed by atoms with Crippen LogP contribution in [0, 0.1) is 12.7 Å². The summed E-state index contributed by atoms with van der Waals surface area (Å²) in [7, 11) is 0. The van der Waals surface area contributed by atoms with Crippen LogP contribution >= 0.6 is 0 Å². The summed E-state index contributed by atoms with van der Waals surface area (Å²) >= 11 is 0. The number of fused-ring (bicyclic) bond motifs is 1. The molecule has 0 radical (unpaired) electrons. The Balaban J connectivity index is 2.20. The molecule has 136 valence electrons. The summed E-state index contributed by atoms with van der Waals surface area (Å²) < 4.78 is 65.3. The van der Waals surface area contributed by atoms with Crippen LogP contribution in [-0.4, -0.2) is 23.0 Å². The zero-order chi connectivity index (χ0) is 19.1.